The lowest BCUT2D eigenvalue weighted by Crippen LogP contribution is -2.34. The van der Waals surface area contributed by atoms with Gasteiger partial charge in [0.05, 0.1) is 0 Å². The van der Waals surface area contributed by atoms with Gasteiger partial charge in [0.25, 0.3) is 5.91 Å². The molecule has 1 aromatic carbocycles. The van der Waals surface area contributed by atoms with Crippen molar-refractivity contribution < 1.29 is 14.4 Å². The van der Waals surface area contributed by atoms with E-state index in [-0.39, 0.29) is 24.3 Å². The summed E-state index contributed by atoms with van der Waals surface area (Å²) in [6, 6.07) is 6.76. The van der Waals surface area contributed by atoms with Crippen LogP contribution in [0.3, 0.4) is 0 Å². The Hall–Kier alpha value is -1.86. The van der Waals surface area contributed by atoms with Crippen molar-refractivity contribution in [1.82, 2.24) is 15.1 Å². The van der Waals surface area contributed by atoms with Crippen molar-refractivity contribution in [3.05, 3.63) is 29.3 Å². The molecule has 7 heteroatoms. The standard InChI is InChI=1S/C31H47N3O3S/c1-22(14-15-28(36)32-21-35)34-20-25-24(29(34)37)12-11-13-26(25)38-17-10-8-6-7-9-16-33(5)23-18-27-30(2,3)31(27,4)19-23/h11-13,21-23,27H,6-10,14-20H2,1-5H3,(H,32,35,36)/t22?,23-,27?,31?/m0/s1. The van der Waals surface area contributed by atoms with Crippen molar-refractivity contribution in [2.45, 2.75) is 109 Å². The maximum absolute atomic E-state index is 13.0. The summed E-state index contributed by atoms with van der Waals surface area (Å²) in [5, 5.41) is 2.17. The molecule has 1 aliphatic heterocycles. The zero-order valence-corrected chi connectivity index (χ0v) is 24.9. The van der Waals surface area contributed by atoms with Crippen LogP contribution in [0.2, 0.25) is 0 Å². The Kier molecular flexibility index (Phi) is 9.29. The van der Waals surface area contributed by atoms with E-state index >= 15 is 0 Å². The predicted molar refractivity (Wildman–Crippen MR) is 154 cm³/mol. The first-order valence-corrected chi connectivity index (χ1v) is 15.6. The number of imide groups is 1. The number of rotatable bonds is 15. The van der Waals surface area contributed by atoms with Crippen LogP contribution in [0.15, 0.2) is 23.1 Å². The molecule has 1 heterocycles. The summed E-state index contributed by atoms with van der Waals surface area (Å²) in [4.78, 5) is 40.7. The average molecular weight is 542 g/mol. The third kappa shape index (κ3) is 5.99. The minimum absolute atomic E-state index is 0.0446. The number of unbranched alkanes of at least 4 members (excludes halogenated alkanes) is 4. The van der Waals surface area contributed by atoms with Crippen molar-refractivity contribution in [1.29, 1.82) is 0 Å². The van der Waals surface area contributed by atoms with Gasteiger partial charge in [-0.2, -0.15) is 0 Å². The third-order valence-electron chi connectivity index (χ3n) is 10.2. The Morgan fingerprint density at radius 3 is 2.66 bits per heavy atom. The maximum Gasteiger partial charge on any atom is 0.254 e. The quantitative estimate of drug-likeness (QED) is 0.171. The van der Waals surface area contributed by atoms with Crippen molar-refractivity contribution in [3.63, 3.8) is 0 Å². The number of thioether (sulfide) groups is 1. The summed E-state index contributed by atoms with van der Waals surface area (Å²) in [6.45, 7) is 11.2. The maximum atomic E-state index is 13.0. The number of carbonyl (C=O) groups is 3. The molecule has 210 valence electrons. The molecule has 3 amide bonds. The lowest BCUT2D eigenvalue weighted by atomic mass is 9.90. The number of benzene rings is 1. The summed E-state index contributed by atoms with van der Waals surface area (Å²) in [5.74, 6) is 1.74. The monoisotopic (exact) mass is 541 g/mol. The smallest absolute Gasteiger partial charge is 0.254 e. The lowest BCUT2D eigenvalue weighted by molar-refractivity contribution is -0.125. The summed E-state index contributed by atoms with van der Waals surface area (Å²) in [5.41, 5.74) is 3.06. The van der Waals surface area contributed by atoms with Crippen LogP contribution in [-0.4, -0.2) is 59.5 Å². The van der Waals surface area contributed by atoms with Crippen molar-refractivity contribution in [2.24, 2.45) is 16.7 Å². The highest BCUT2D eigenvalue weighted by atomic mass is 32.2. The molecular weight excluding hydrogens is 494 g/mol. The molecule has 0 bridgehead atoms. The summed E-state index contributed by atoms with van der Waals surface area (Å²) in [7, 11) is 2.33. The van der Waals surface area contributed by atoms with Crippen LogP contribution in [0, 0.1) is 16.7 Å². The molecule has 2 fully saturated rings. The molecular formula is C31H47N3O3S. The van der Waals surface area contributed by atoms with Crippen molar-refractivity contribution in [2.75, 3.05) is 19.3 Å². The molecule has 3 unspecified atom stereocenters. The number of amides is 3. The fourth-order valence-corrected chi connectivity index (χ4v) is 8.24. The van der Waals surface area contributed by atoms with Crippen LogP contribution >= 0.6 is 11.8 Å². The van der Waals surface area contributed by atoms with E-state index in [0.29, 0.717) is 30.2 Å². The second-order valence-electron chi connectivity index (χ2n) is 12.7. The first-order valence-electron chi connectivity index (χ1n) is 14.6. The van der Waals surface area contributed by atoms with Crippen molar-refractivity contribution >= 4 is 30.0 Å². The molecule has 4 atom stereocenters. The minimum atomic E-state index is -0.303. The molecule has 3 aliphatic rings. The van der Waals surface area contributed by atoms with E-state index in [0.717, 1.165) is 28.8 Å². The molecule has 6 nitrogen and oxygen atoms in total. The molecule has 0 aromatic heterocycles. The topological polar surface area (TPSA) is 69.7 Å². The Balaban J connectivity index is 1.11. The SMILES string of the molecule is CC(CCC(=O)NC=O)N1Cc2c(SCCCCCCCN(C)[C@H]3CC4C(C)(C)C4(C)C3)cccc2C1=O. The molecule has 0 saturated heterocycles. The lowest BCUT2D eigenvalue weighted by Gasteiger charge is -2.29. The number of nitrogens with one attached hydrogen (secondary N) is 1. The van der Waals surface area contributed by atoms with Gasteiger partial charge in [-0.15, -0.1) is 11.8 Å². The van der Waals surface area contributed by atoms with Gasteiger partial charge in [-0.25, -0.2) is 0 Å². The largest absolute Gasteiger partial charge is 0.332 e. The number of hydrogen-bond acceptors (Lipinski definition) is 5. The Morgan fingerprint density at radius 2 is 1.95 bits per heavy atom. The normalized spacial score (nSPS) is 25.8. The highest BCUT2D eigenvalue weighted by molar-refractivity contribution is 7.99. The van der Waals surface area contributed by atoms with Crippen LogP contribution in [0.5, 0.6) is 0 Å². The number of hydrogen-bond donors (Lipinski definition) is 1. The molecule has 38 heavy (non-hydrogen) atoms. The van der Waals surface area contributed by atoms with E-state index < -0.39 is 0 Å². The van der Waals surface area contributed by atoms with Gasteiger partial charge in [-0.05, 0) is 92.8 Å². The fourth-order valence-electron chi connectivity index (χ4n) is 7.15. The molecule has 0 spiro atoms. The van der Waals surface area contributed by atoms with E-state index in [2.05, 4.69) is 44.1 Å². The van der Waals surface area contributed by atoms with Crippen LogP contribution in [-0.2, 0) is 16.1 Å². The van der Waals surface area contributed by atoms with Crippen LogP contribution in [0.25, 0.3) is 0 Å². The Morgan fingerprint density at radius 1 is 1.21 bits per heavy atom. The van der Waals surface area contributed by atoms with Crippen LogP contribution < -0.4 is 5.32 Å². The first kappa shape index (κ1) is 29.1. The van der Waals surface area contributed by atoms with Gasteiger partial charge in [0, 0.05) is 35.5 Å². The Labute approximate surface area is 233 Å². The van der Waals surface area contributed by atoms with E-state index in [1.54, 1.807) is 0 Å². The first-order chi connectivity index (χ1) is 18.1. The number of carbonyl (C=O) groups excluding carboxylic acids is 3. The third-order valence-corrected chi connectivity index (χ3v) is 11.4. The van der Waals surface area contributed by atoms with Crippen molar-refractivity contribution in [3.8, 4) is 0 Å². The van der Waals surface area contributed by atoms with E-state index in [1.807, 2.05) is 35.7 Å². The van der Waals surface area contributed by atoms with Gasteiger partial charge in [0.2, 0.25) is 12.3 Å². The van der Waals surface area contributed by atoms with Gasteiger partial charge in [0.1, 0.15) is 0 Å². The Bertz CT molecular complexity index is 1030. The fraction of sp³-hybridized carbons (Fsp3) is 0.710. The van der Waals surface area contributed by atoms with Gasteiger partial charge in [-0.1, -0.05) is 46.1 Å². The van der Waals surface area contributed by atoms with Gasteiger partial charge in [-0.3, -0.25) is 19.7 Å². The minimum Gasteiger partial charge on any atom is -0.332 e. The number of fused-ring (bicyclic) bond motifs is 2. The van der Waals surface area contributed by atoms with E-state index in [4.69, 9.17) is 0 Å². The summed E-state index contributed by atoms with van der Waals surface area (Å²) < 4.78 is 0. The van der Waals surface area contributed by atoms with Gasteiger partial charge >= 0.3 is 0 Å². The molecule has 2 saturated carbocycles. The number of nitrogens with zero attached hydrogens (tertiary/aromatic N) is 2. The highest BCUT2D eigenvalue weighted by Crippen LogP contribution is 2.76. The van der Waals surface area contributed by atoms with E-state index in [1.165, 1.54) is 56.4 Å². The average Bonchev–Trinajstić information content (AvgIpc) is 3.23. The predicted octanol–water partition coefficient (Wildman–Crippen LogP) is 5.88. The van der Waals surface area contributed by atoms with Gasteiger partial charge in [0.15, 0.2) is 0 Å². The second kappa shape index (κ2) is 12.1. The summed E-state index contributed by atoms with van der Waals surface area (Å²) >= 11 is 1.87. The molecule has 2 aliphatic carbocycles. The van der Waals surface area contributed by atoms with Crippen LogP contribution in [0.4, 0.5) is 0 Å². The second-order valence-corrected chi connectivity index (χ2v) is 13.8. The molecule has 0 radical (unpaired) electrons. The molecule has 1 N–H and O–H groups in total. The van der Waals surface area contributed by atoms with Gasteiger partial charge < -0.3 is 9.80 Å². The molecule has 4 rings (SSSR count). The zero-order chi connectivity index (χ0) is 27.5. The van der Waals surface area contributed by atoms with E-state index in [9.17, 15) is 14.4 Å². The highest BCUT2D eigenvalue weighted by Gasteiger charge is 2.71. The zero-order valence-electron chi connectivity index (χ0n) is 24.1. The molecule has 1 aromatic rings. The summed E-state index contributed by atoms with van der Waals surface area (Å²) in [6.07, 6.45) is 10.3. The van der Waals surface area contributed by atoms with Crippen LogP contribution in [0.1, 0.15) is 101 Å².